The lowest BCUT2D eigenvalue weighted by Gasteiger charge is -2.24. The molecule has 0 radical (unpaired) electrons. The van der Waals surface area contributed by atoms with Crippen LogP contribution < -0.4 is 0 Å². The molecule has 1 aromatic carbocycles. The lowest BCUT2D eigenvalue weighted by molar-refractivity contribution is -0.137. The zero-order chi connectivity index (χ0) is 18.6. The Bertz CT molecular complexity index is 832. The highest BCUT2D eigenvalue weighted by Gasteiger charge is 2.31. The van der Waals surface area contributed by atoms with Crippen LogP contribution in [0.1, 0.15) is 48.6 Å². The van der Waals surface area contributed by atoms with Crippen molar-refractivity contribution in [2.45, 2.75) is 38.1 Å². The smallest absolute Gasteiger partial charge is 0.243 e. The number of carbonyl (C=O) groups excluding carboxylic acids is 2. The Morgan fingerprint density at radius 2 is 1.85 bits per heavy atom. The van der Waals surface area contributed by atoms with Gasteiger partial charge in [0.2, 0.25) is 11.8 Å². The molecule has 140 valence electrons. The predicted octanol–water partition coefficient (Wildman–Crippen LogP) is 3.83. The van der Waals surface area contributed by atoms with Crippen molar-refractivity contribution in [3.05, 3.63) is 58.3 Å². The molecule has 2 amide bonds. The van der Waals surface area contributed by atoms with Crippen molar-refractivity contribution in [2.75, 3.05) is 13.1 Å². The van der Waals surface area contributed by atoms with Gasteiger partial charge in [0.25, 0.3) is 0 Å². The van der Waals surface area contributed by atoms with Crippen molar-refractivity contribution in [1.29, 1.82) is 0 Å². The summed E-state index contributed by atoms with van der Waals surface area (Å²) in [5.41, 5.74) is 1.99. The van der Waals surface area contributed by atoms with Crippen LogP contribution in [0, 0.1) is 0 Å². The summed E-state index contributed by atoms with van der Waals surface area (Å²) < 4.78 is 0. The van der Waals surface area contributed by atoms with Gasteiger partial charge in [-0.2, -0.15) is 5.10 Å². The second-order valence-corrected chi connectivity index (χ2v) is 7.92. The van der Waals surface area contributed by atoms with Crippen molar-refractivity contribution >= 4 is 28.9 Å². The minimum atomic E-state index is -0.0684. The van der Waals surface area contributed by atoms with E-state index in [0.29, 0.717) is 6.54 Å². The first-order valence-corrected chi connectivity index (χ1v) is 10.4. The van der Waals surface area contributed by atoms with Gasteiger partial charge in [0.05, 0.1) is 18.3 Å². The van der Waals surface area contributed by atoms with E-state index < -0.39 is 0 Å². The van der Waals surface area contributed by atoms with E-state index in [0.717, 1.165) is 37.1 Å². The van der Waals surface area contributed by atoms with E-state index >= 15 is 0 Å². The average Bonchev–Trinajstić information content (AvgIpc) is 3.47. The van der Waals surface area contributed by atoms with E-state index in [1.165, 1.54) is 9.89 Å². The summed E-state index contributed by atoms with van der Waals surface area (Å²) in [6, 6.07) is 14.2. The molecule has 2 aromatic rings. The van der Waals surface area contributed by atoms with Crippen LogP contribution in [-0.2, 0) is 9.59 Å². The van der Waals surface area contributed by atoms with Gasteiger partial charge >= 0.3 is 0 Å². The van der Waals surface area contributed by atoms with Crippen molar-refractivity contribution in [3.8, 4) is 0 Å². The maximum atomic E-state index is 12.7. The molecule has 0 N–H and O–H groups in total. The first kappa shape index (κ1) is 17.9. The number of benzene rings is 1. The van der Waals surface area contributed by atoms with Crippen LogP contribution in [-0.4, -0.2) is 40.5 Å². The number of likely N-dealkylation sites (tertiary alicyclic amines) is 1. The third-order valence-corrected chi connectivity index (χ3v) is 6.17. The molecule has 0 spiro atoms. The molecule has 1 atom stereocenters. The minimum Gasteiger partial charge on any atom is -0.335 e. The lowest BCUT2D eigenvalue weighted by Crippen LogP contribution is -2.32. The standard InChI is InChI=1S/C21H23N3O2S/c25-20(23-13-4-8-18(23)19-9-5-15-27-19)10-11-21(26)24-14-12-17(22-24)16-6-2-1-3-7-16/h1-3,5-7,9,15,18H,4,8,10-14H2. The lowest BCUT2D eigenvalue weighted by atomic mass is 10.1. The van der Waals surface area contributed by atoms with Gasteiger partial charge in [-0.1, -0.05) is 36.4 Å². The van der Waals surface area contributed by atoms with Crippen LogP contribution in [0.3, 0.4) is 0 Å². The van der Waals surface area contributed by atoms with E-state index in [9.17, 15) is 9.59 Å². The zero-order valence-corrected chi connectivity index (χ0v) is 16.0. The fraction of sp³-hybridized carbons (Fsp3) is 0.381. The van der Waals surface area contributed by atoms with E-state index in [1.807, 2.05) is 41.3 Å². The monoisotopic (exact) mass is 381 g/mol. The number of hydrogen-bond acceptors (Lipinski definition) is 4. The van der Waals surface area contributed by atoms with Crippen LogP contribution >= 0.6 is 11.3 Å². The minimum absolute atomic E-state index is 0.0684. The molecule has 6 heteroatoms. The molecule has 0 aliphatic carbocycles. The van der Waals surface area contributed by atoms with Crippen LogP contribution in [0.15, 0.2) is 52.9 Å². The maximum Gasteiger partial charge on any atom is 0.243 e. The molecule has 1 saturated heterocycles. The Balaban J connectivity index is 1.33. The topological polar surface area (TPSA) is 53.0 Å². The number of hydrazone groups is 1. The van der Waals surface area contributed by atoms with Crippen LogP contribution in [0.25, 0.3) is 0 Å². The summed E-state index contributed by atoms with van der Waals surface area (Å²) in [4.78, 5) is 28.4. The van der Waals surface area contributed by atoms with Gasteiger partial charge in [-0.15, -0.1) is 11.3 Å². The van der Waals surface area contributed by atoms with Gasteiger partial charge in [0, 0.05) is 30.7 Å². The Morgan fingerprint density at radius 3 is 2.63 bits per heavy atom. The molecule has 1 unspecified atom stereocenters. The van der Waals surface area contributed by atoms with Crippen molar-refractivity contribution < 1.29 is 9.59 Å². The summed E-state index contributed by atoms with van der Waals surface area (Å²) in [6.07, 6.45) is 3.28. The molecule has 2 aliphatic heterocycles. The van der Waals surface area contributed by atoms with Gasteiger partial charge < -0.3 is 4.90 Å². The van der Waals surface area contributed by atoms with Crippen molar-refractivity contribution in [3.63, 3.8) is 0 Å². The number of carbonyl (C=O) groups is 2. The van der Waals surface area contributed by atoms with Gasteiger partial charge in [-0.05, 0) is 29.9 Å². The summed E-state index contributed by atoms with van der Waals surface area (Å²) in [5, 5.41) is 8.04. The third-order valence-electron chi connectivity index (χ3n) is 5.19. The van der Waals surface area contributed by atoms with Crippen molar-refractivity contribution in [1.82, 2.24) is 9.91 Å². The first-order valence-electron chi connectivity index (χ1n) is 9.48. The quantitative estimate of drug-likeness (QED) is 0.790. The highest BCUT2D eigenvalue weighted by molar-refractivity contribution is 7.10. The van der Waals surface area contributed by atoms with Crippen LogP contribution in [0.2, 0.25) is 0 Å². The predicted molar refractivity (Wildman–Crippen MR) is 107 cm³/mol. The van der Waals surface area contributed by atoms with Gasteiger partial charge in [0.15, 0.2) is 0 Å². The Morgan fingerprint density at radius 1 is 1.04 bits per heavy atom. The van der Waals surface area contributed by atoms with E-state index in [1.54, 1.807) is 11.3 Å². The Hall–Kier alpha value is -2.47. The first-order chi connectivity index (χ1) is 13.2. The molecular formula is C21H23N3O2S. The molecule has 3 heterocycles. The van der Waals surface area contributed by atoms with Crippen molar-refractivity contribution in [2.24, 2.45) is 5.10 Å². The summed E-state index contributed by atoms with van der Waals surface area (Å²) in [5.74, 6) is 0.00635. The molecule has 1 fully saturated rings. The normalized spacial score (nSPS) is 19.4. The second-order valence-electron chi connectivity index (χ2n) is 6.94. The van der Waals surface area contributed by atoms with E-state index in [2.05, 4.69) is 16.5 Å². The van der Waals surface area contributed by atoms with E-state index in [4.69, 9.17) is 0 Å². The van der Waals surface area contributed by atoms with Crippen LogP contribution in [0.5, 0.6) is 0 Å². The summed E-state index contributed by atoms with van der Waals surface area (Å²) in [7, 11) is 0. The fourth-order valence-electron chi connectivity index (χ4n) is 3.80. The number of nitrogens with zero attached hydrogens (tertiary/aromatic N) is 3. The average molecular weight is 382 g/mol. The SMILES string of the molecule is O=C(CCC(=O)N1CCCC1c1cccs1)N1CCC(c2ccccc2)=N1. The number of hydrogen-bond donors (Lipinski definition) is 0. The Kier molecular flexibility index (Phi) is 5.34. The molecule has 27 heavy (non-hydrogen) atoms. The van der Waals surface area contributed by atoms with Gasteiger partial charge in [-0.25, -0.2) is 5.01 Å². The van der Waals surface area contributed by atoms with E-state index in [-0.39, 0.29) is 30.7 Å². The number of rotatable bonds is 5. The highest BCUT2D eigenvalue weighted by Crippen LogP contribution is 2.35. The third kappa shape index (κ3) is 3.95. The van der Waals surface area contributed by atoms with Crippen LogP contribution in [0.4, 0.5) is 0 Å². The van der Waals surface area contributed by atoms with Gasteiger partial charge in [-0.3, -0.25) is 9.59 Å². The molecule has 4 rings (SSSR count). The molecular weight excluding hydrogens is 358 g/mol. The Labute approximate surface area is 163 Å². The summed E-state index contributed by atoms with van der Waals surface area (Å²) >= 11 is 1.70. The second kappa shape index (κ2) is 8.05. The number of thiophene rings is 1. The maximum absolute atomic E-state index is 12.7. The molecule has 5 nitrogen and oxygen atoms in total. The molecule has 0 saturated carbocycles. The largest absolute Gasteiger partial charge is 0.335 e. The molecule has 1 aromatic heterocycles. The number of amides is 2. The fourth-order valence-corrected chi connectivity index (χ4v) is 4.67. The zero-order valence-electron chi connectivity index (χ0n) is 15.2. The highest BCUT2D eigenvalue weighted by atomic mass is 32.1. The summed E-state index contributed by atoms with van der Waals surface area (Å²) in [6.45, 7) is 1.38. The molecule has 0 bridgehead atoms. The van der Waals surface area contributed by atoms with Gasteiger partial charge in [0.1, 0.15) is 0 Å². The molecule has 2 aliphatic rings.